The van der Waals surface area contributed by atoms with Crippen LogP contribution in [0.1, 0.15) is 27.9 Å². The molecule has 8 nitrogen and oxygen atoms in total. The van der Waals surface area contributed by atoms with Crippen molar-refractivity contribution in [1.82, 2.24) is 14.8 Å². The Morgan fingerprint density at radius 1 is 1.10 bits per heavy atom. The number of carbonyl (C=O) groups excluding carboxylic acids is 1. The highest BCUT2D eigenvalue weighted by Crippen LogP contribution is 2.37. The molecule has 2 fully saturated rings. The Morgan fingerprint density at radius 2 is 1.86 bits per heavy atom. The summed E-state index contributed by atoms with van der Waals surface area (Å²) in [6.45, 7) is 4.63. The lowest BCUT2D eigenvalue weighted by molar-refractivity contribution is -0.138. The first-order chi connectivity index (χ1) is 20.0. The minimum atomic E-state index is -4.82. The second-order valence-electron chi connectivity index (χ2n) is 10.7. The number of aromatic nitrogens is 1. The van der Waals surface area contributed by atoms with E-state index < -0.39 is 29.0 Å². The lowest BCUT2D eigenvalue weighted by Crippen LogP contribution is -2.44. The Kier molecular flexibility index (Phi) is 8.67. The highest BCUT2D eigenvalue weighted by molar-refractivity contribution is 6.07. The van der Waals surface area contributed by atoms with Crippen molar-refractivity contribution in [2.45, 2.75) is 25.2 Å². The molecule has 0 aliphatic carbocycles. The van der Waals surface area contributed by atoms with E-state index in [0.717, 1.165) is 31.4 Å². The number of β-amino-alcohol motifs (C(OH)–C–C–N with tert-alkyl or cyclic N) is 1. The number of benzene rings is 2. The van der Waals surface area contributed by atoms with Crippen LogP contribution in [0.15, 0.2) is 48.7 Å². The van der Waals surface area contributed by atoms with Gasteiger partial charge in [-0.25, -0.2) is 9.37 Å². The van der Waals surface area contributed by atoms with Gasteiger partial charge in [-0.15, -0.1) is 0 Å². The molecule has 2 aliphatic heterocycles. The molecule has 3 aromatic rings. The second kappa shape index (κ2) is 12.2. The van der Waals surface area contributed by atoms with Gasteiger partial charge in [0.2, 0.25) is 5.88 Å². The monoisotopic (exact) mass is 587 g/mol. The van der Waals surface area contributed by atoms with Gasteiger partial charge in [-0.2, -0.15) is 13.2 Å². The van der Waals surface area contributed by atoms with E-state index in [4.69, 9.17) is 4.74 Å². The van der Waals surface area contributed by atoms with Crippen molar-refractivity contribution in [1.29, 1.82) is 0 Å². The molecule has 1 atom stereocenters. The number of nitrogens with one attached hydrogen (secondary N) is 1. The first-order valence-corrected chi connectivity index (χ1v) is 13.7. The summed E-state index contributed by atoms with van der Waals surface area (Å²) in [5.41, 5.74) is 0.682. The van der Waals surface area contributed by atoms with Crippen molar-refractivity contribution in [2.24, 2.45) is 0 Å². The molecule has 1 amide bonds. The number of nitrogens with zero attached hydrogens (tertiary/aromatic N) is 4. The minimum Gasteiger partial charge on any atom is -0.481 e. The first kappa shape index (κ1) is 29.7. The van der Waals surface area contributed by atoms with Gasteiger partial charge >= 0.3 is 6.18 Å². The van der Waals surface area contributed by atoms with Crippen LogP contribution in [0.25, 0.3) is 11.1 Å². The molecule has 224 valence electrons. The van der Waals surface area contributed by atoms with Gasteiger partial charge in [-0.05, 0) is 48.9 Å². The highest BCUT2D eigenvalue weighted by atomic mass is 19.4. The largest absolute Gasteiger partial charge is 0.481 e. The number of likely N-dealkylation sites (N-methyl/N-ethyl adjacent to an activating group) is 1. The summed E-state index contributed by atoms with van der Waals surface area (Å²) >= 11 is 0. The van der Waals surface area contributed by atoms with Crippen LogP contribution in [0.3, 0.4) is 0 Å². The number of halogens is 4. The van der Waals surface area contributed by atoms with Crippen LogP contribution in [0, 0.1) is 5.82 Å². The topological polar surface area (TPSA) is 81.2 Å². The summed E-state index contributed by atoms with van der Waals surface area (Å²) in [4.78, 5) is 23.4. The summed E-state index contributed by atoms with van der Waals surface area (Å²) in [5, 5.41) is 12.5. The van der Waals surface area contributed by atoms with Gasteiger partial charge in [0, 0.05) is 63.6 Å². The van der Waals surface area contributed by atoms with Gasteiger partial charge < -0.3 is 25.0 Å². The number of pyridine rings is 1. The minimum absolute atomic E-state index is 0.262. The molecular formula is C30H33F4N5O3. The summed E-state index contributed by atoms with van der Waals surface area (Å²) in [5.74, 6) is -1.73. The number of hydrogen-bond donors (Lipinski definition) is 2. The molecule has 2 N–H and O–H groups in total. The Hall–Kier alpha value is -3.74. The van der Waals surface area contributed by atoms with E-state index in [9.17, 15) is 23.1 Å². The first-order valence-electron chi connectivity index (χ1n) is 13.7. The Morgan fingerprint density at radius 3 is 2.52 bits per heavy atom. The quantitative estimate of drug-likeness (QED) is 0.395. The third kappa shape index (κ3) is 6.66. The number of alkyl halides is 3. The highest BCUT2D eigenvalue weighted by Gasteiger charge is 2.36. The number of aliphatic hydroxyl groups is 1. The van der Waals surface area contributed by atoms with E-state index in [2.05, 4.69) is 20.1 Å². The lowest BCUT2D eigenvalue weighted by atomic mass is 10.00. The van der Waals surface area contributed by atoms with E-state index in [-0.39, 0.29) is 17.7 Å². The van der Waals surface area contributed by atoms with Gasteiger partial charge in [0.15, 0.2) is 0 Å². The lowest BCUT2D eigenvalue weighted by Gasteiger charge is -2.35. The molecule has 2 aliphatic rings. The smallest absolute Gasteiger partial charge is 0.417 e. The van der Waals surface area contributed by atoms with Crippen LogP contribution in [0.4, 0.5) is 28.9 Å². The molecule has 5 rings (SSSR count). The number of anilines is 2. The molecule has 2 saturated heterocycles. The SMILES string of the molecule is COc1cc(C(F)(F)F)c(C(=O)Nc2cc(-c3cc(CN4CCC(O)C4)ccc3F)ccc2N2CCN(C)CC2)cn1. The third-order valence-corrected chi connectivity index (χ3v) is 7.72. The molecule has 0 radical (unpaired) electrons. The maximum atomic E-state index is 15.1. The number of carbonyl (C=O) groups is 1. The number of likely N-dealkylation sites (tertiary alicyclic amines) is 1. The molecule has 0 saturated carbocycles. The summed E-state index contributed by atoms with van der Waals surface area (Å²) in [6.07, 6.45) is -3.67. The van der Waals surface area contributed by atoms with Crippen molar-refractivity contribution in [2.75, 3.05) is 63.6 Å². The van der Waals surface area contributed by atoms with Crippen LogP contribution >= 0.6 is 0 Å². The number of methoxy groups -OCH3 is 1. The normalized spacial score (nSPS) is 18.4. The van der Waals surface area contributed by atoms with Gasteiger partial charge in [0.1, 0.15) is 5.82 Å². The zero-order chi connectivity index (χ0) is 30.0. The fourth-order valence-corrected chi connectivity index (χ4v) is 5.39. The number of ether oxygens (including phenoxy) is 1. The van der Waals surface area contributed by atoms with E-state index in [1.54, 1.807) is 30.3 Å². The van der Waals surface area contributed by atoms with Crippen LogP contribution in [0.2, 0.25) is 0 Å². The standard InChI is InChI=1S/C30H33F4N5O3/c1-37-9-11-39(12-10-37)27-6-4-20(22-13-19(3-5-25(22)31)17-38-8-7-21(40)18-38)14-26(27)36-29(41)23-16-35-28(42-2)15-24(23)30(32,33)34/h3-6,13-16,21,40H,7-12,17-18H2,1-2H3,(H,36,41). The van der Waals surface area contributed by atoms with Crippen LogP contribution < -0.4 is 15.0 Å². The Bertz CT molecular complexity index is 1440. The zero-order valence-corrected chi connectivity index (χ0v) is 23.4. The van der Waals surface area contributed by atoms with Crippen molar-refractivity contribution < 1.29 is 32.2 Å². The molecule has 42 heavy (non-hydrogen) atoms. The van der Waals surface area contributed by atoms with Crippen LogP contribution in [-0.4, -0.2) is 85.3 Å². The number of piperazine rings is 1. The Balaban J connectivity index is 1.51. The van der Waals surface area contributed by atoms with Crippen LogP contribution in [0.5, 0.6) is 5.88 Å². The molecular weight excluding hydrogens is 554 g/mol. The summed E-state index contributed by atoms with van der Waals surface area (Å²) in [7, 11) is 3.19. The molecule has 1 unspecified atom stereocenters. The molecule has 1 aromatic heterocycles. The average Bonchev–Trinajstić information content (AvgIpc) is 3.38. The predicted octanol–water partition coefficient (Wildman–Crippen LogP) is 4.49. The van der Waals surface area contributed by atoms with Crippen molar-refractivity contribution in [3.63, 3.8) is 0 Å². The number of hydrogen-bond acceptors (Lipinski definition) is 7. The van der Waals surface area contributed by atoms with E-state index in [0.29, 0.717) is 55.5 Å². The van der Waals surface area contributed by atoms with Gasteiger partial charge in [-0.1, -0.05) is 12.1 Å². The summed E-state index contributed by atoms with van der Waals surface area (Å²) in [6, 6.07) is 10.6. The van der Waals surface area contributed by atoms with E-state index in [1.165, 1.54) is 13.2 Å². The maximum Gasteiger partial charge on any atom is 0.417 e. The van der Waals surface area contributed by atoms with Crippen molar-refractivity contribution >= 4 is 17.3 Å². The fourth-order valence-electron chi connectivity index (χ4n) is 5.39. The van der Waals surface area contributed by atoms with E-state index in [1.807, 2.05) is 11.9 Å². The number of rotatable bonds is 7. The maximum absolute atomic E-state index is 15.1. The van der Waals surface area contributed by atoms with Crippen LogP contribution in [-0.2, 0) is 12.7 Å². The van der Waals surface area contributed by atoms with E-state index >= 15 is 4.39 Å². The molecule has 12 heteroatoms. The second-order valence-corrected chi connectivity index (χ2v) is 10.7. The fraction of sp³-hybridized carbons (Fsp3) is 0.400. The Labute approximate surface area is 241 Å². The van der Waals surface area contributed by atoms with Crippen molar-refractivity contribution in [3.05, 3.63) is 71.2 Å². The van der Waals surface area contributed by atoms with Gasteiger partial charge in [0.05, 0.1) is 35.7 Å². The molecule has 0 spiro atoms. The van der Waals surface area contributed by atoms with Gasteiger partial charge in [0.25, 0.3) is 5.91 Å². The number of amides is 1. The molecule has 3 heterocycles. The zero-order valence-electron chi connectivity index (χ0n) is 23.4. The average molecular weight is 588 g/mol. The van der Waals surface area contributed by atoms with Crippen molar-refractivity contribution in [3.8, 4) is 17.0 Å². The summed E-state index contributed by atoms with van der Waals surface area (Å²) < 4.78 is 61.6. The third-order valence-electron chi connectivity index (χ3n) is 7.72. The molecule has 2 aromatic carbocycles. The van der Waals surface area contributed by atoms with Gasteiger partial charge in [-0.3, -0.25) is 9.69 Å². The predicted molar refractivity (Wildman–Crippen MR) is 151 cm³/mol. The number of aliphatic hydroxyl groups excluding tert-OH is 1. The molecule has 0 bridgehead atoms.